The minimum Gasteiger partial charge on any atom is -0.398 e. The van der Waals surface area contributed by atoms with E-state index >= 15 is 0 Å². The van der Waals surface area contributed by atoms with Gasteiger partial charge in [-0.05, 0) is 45.5 Å². The van der Waals surface area contributed by atoms with E-state index in [-0.39, 0.29) is 24.6 Å². The van der Waals surface area contributed by atoms with Crippen molar-refractivity contribution >= 4 is 17.3 Å². The van der Waals surface area contributed by atoms with Crippen LogP contribution in [0.1, 0.15) is 19.4 Å². The number of nitrogens with zero attached hydrogens (tertiary/aromatic N) is 1. The highest BCUT2D eigenvalue weighted by molar-refractivity contribution is 5.95. The molecule has 0 aliphatic rings. The quantitative estimate of drug-likeness (QED) is 0.699. The molecule has 0 saturated heterocycles. The van der Waals surface area contributed by atoms with Crippen LogP contribution in [0.25, 0.3) is 0 Å². The summed E-state index contributed by atoms with van der Waals surface area (Å²) in [5.74, 6) is -0.114. The van der Waals surface area contributed by atoms with Gasteiger partial charge in [-0.1, -0.05) is 6.07 Å². The standard InChI is InChI=1S/C14H23N3O2/c1-9(8-18)17(4)11(3)14(19)16-13-7-5-6-12(15)10(13)2/h5-7,9,11,18H,8,15H2,1-4H3,(H,16,19). The normalized spacial score (nSPS) is 14.2. The number of aliphatic hydroxyl groups is 1. The number of nitrogens with one attached hydrogen (secondary N) is 1. The number of amides is 1. The highest BCUT2D eigenvalue weighted by atomic mass is 16.3. The fourth-order valence-corrected chi connectivity index (χ4v) is 1.72. The summed E-state index contributed by atoms with van der Waals surface area (Å²) >= 11 is 0. The van der Waals surface area contributed by atoms with E-state index in [1.54, 1.807) is 6.07 Å². The van der Waals surface area contributed by atoms with Crippen molar-refractivity contribution in [2.45, 2.75) is 32.9 Å². The van der Waals surface area contributed by atoms with E-state index in [2.05, 4.69) is 5.32 Å². The molecule has 2 atom stereocenters. The minimum atomic E-state index is -0.331. The number of nitrogens with two attached hydrogens (primary N) is 1. The first-order valence-electron chi connectivity index (χ1n) is 6.37. The Kier molecular flexibility index (Phi) is 5.32. The number of aliphatic hydroxyl groups excluding tert-OH is 1. The van der Waals surface area contributed by atoms with Gasteiger partial charge >= 0.3 is 0 Å². The van der Waals surface area contributed by atoms with Gasteiger partial charge in [-0.25, -0.2) is 0 Å². The number of likely N-dealkylation sites (N-methyl/N-ethyl adjacent to an activating group) is 1. The van der Waals surface area contributed by atoms with E-state index in [1.165, 1.54) is 0 Å². The second-order valence-corrected chi connectivity index (χ2v) is 4.88. The first kappa shape index (κ1) is 15.5. The van der Waals surface area contributed by atoms with Crippen LogP contribution in [0.15, 0.2) is 18.2 Å². The van der Waals surface area contributed by atoms with E-state index in [1.807, 2.05) is 44.9 Å². The number of rotatable bonds is 5. The second-order valence-electron chi connectivity index (χ2n) is 4.88. The predicted octanol–water partition coefficient (Wildman–Crippen LogP) is 1.22. The Hall–Kier alpha value is -1.59. The molecule has 0 bridgehead atoms. The molecule has 0 saturated carbocycles. The van der Waals surface area contributed by atoms with E-state index in [4.69, 9.17) is 10.8 Å². The van der Waals surface area contributed by atoms with Gasteiger partial charge in [0.25, 0.3) is 0 Å². The Bertz CT molecular complexity index is 448. The zero-order valence-electron chi connectivity index (χ0n) is 12.0. The Balaban J connectivity index is 2.77. The summed E-state index contributed by atoms with van der Waals surface area (Å²) in [5, 5.41) is 12.0. The first-order chi connectivity index (χ1) is 8.88. The number of anilines is 2. The van der Waals surface area contributed by atoms with Crippen LogP contribution in [0.5, 0.6) is 0 Å². The van der Waals surface area contributed by atoms with Crippen LogP contribution in [0.3, 0.4) is 0 Å². The topological polar surface area (TPSA) is 78.6 Å². The van der Waals surface area contributed by atoms with Crippen LogP contribution in [0, 0.1) is 6.92 Å². The lowest BCUT2D eigenvalue weighted by atomic mass is 10.1. The van der Waals surface area contributed by atoms with E-state index < -0.39 is 0 Å². The number of carbonyl (C=O) groups is 1. The molecule has 106 valence electrons. The second kappa shape index (κ2) is 6.54. The monoisotopic (exact) mass is 265 g/mol. The van der Waals surface area contributed by atoms with Crippen molar-refractivity contribution in [3.05, 3.63) is 23.8 Å². The SMILES string of the molecule is Cc1c(N)cccc1NC(=O)C(C)N(C)C(C)CO. The van der Waals surface area contributed by atoms with Gasteiger partial charge in [0.2, 0.25) is 5.91 Å². The van der Waals surface area contributed by atoms with Gasteiger partial charge < -0.3 is 16.2 Å². The molecule has 0 radical (unpaired) electrons. The third-order valence-electron chi connectivity index (χ3n) is 3.58. The molecule has 19 heavy (non-hydrogen) atoms. The van der Waals surface area contributed by atoms with Crippen molar-refractivity contribution in [3.8, 4) is 0 Å². The molecule has 2 unspecified atom stereocenters. The van der Waals surface area contributed by atoms with Crippen LogP contribution in [0.4, 0.5) is 11.4 Å². The summed E-state index contributed by atoms with van der Waals surface area (Å²) in [6.45, 7) is 5.57. The van der Waals surface area contributed by atoms with Gasteiger partial charge in [-0.3, -0.25) is 9.69 Å². The van der Waals surface area contributed by atoms with Gasteiger partial charge in [-0.15, -0.1) is 0 Å². The van der Waals surface area contributed by atoms with Crippen LogP contribution in [0.2, 0.25) is 0 Å². The van der Waals surface area contributed by atoms with Gasteiger partial charge in [0, 0.05) is 17.4 Å². The van der Waals surface area contributed by atoms with Gasteiger partial charge in [0.15, 0.2) is 0 Å². The largest absolute Gasteiger partial charge is 0.398 e. The first-order valence-corrected chi connectivity index (χ1v) is 6.37. The molecule has 1 aromatic rings. The summed E-state index contributed by atoms with van der Waals surface area (Å²) < 4.78 is 0. The summed E-state index contributed by atoms with van der Waals surface area (Å²) in [6.07, 6.45) is 0. The van der Waals surface area contributed by atoms with Crippen LogP contribution >= 0.6 is 0 Å². The maximum absolute atomic E-state index is 12.2. The van der Waals surface area contributed by atoms with Crippen LogP contribution < -0.4 is 11.1 Å². The zero-order valence-corrected chi connectivity index (χ0v) is 12.0. The third-order valence-corrected chi connectivity index (χ3v) is 3.58. The van der Waals surface area contributed by atoms with Gasteiger partial charge in [0.05, 0.1) is 12.6 Å². The lowest BCUT2D eigenvalue weighted by molar-refractivity contribution is -0.121. The summed E-state index contributed by atoms with van der Waals surface area (Å²) in [7, 11) is 1.82. The fraction of sp³-hybridized carbons (Fsp3) is 0.500. The van der Waals surface area contributed by atoms with Crippen LogP contribution in [-0.2, 0) is 4.79 Å². The van der Waals surface area contributed by atoms with Crippen LogP contribution in [-0.4, -0.2) is 41.7 Å². The van der Waals surface area contributed by atoms with E-state index in [9.17, 15) is 4.79 Å². The lowest BCUT2D eigenvalue weighted by Gasteiger charge is -2.28. The van der Waals surface area contributed by atoms with Gasteiger partial charge in [-0.2, -0.15) is 0 Å². The highest BCUT2D eigenvalue weighted by Gasteiger charge is 2.22. The highest BCUT2D eigenvalue weighted by Crippen LogP contribution is 2.20. The number of nitrogen functional groups attached to an aromatic ring is 1. The average molecular weight is 265 g/mol. The van der Waals surface area contributed by atoms with E-state index in [0.29, 0.717) is 5.69 Å². The van der Waals surface area contributed by atoms with Crippen molar-refractivity contribution in [3.63, 3.8) is 0 Å². The van der Waals surface area contributed by atoms with Gasteiger partial charge in [0.1, 0.15) is 0 Å². The summed E-state index contributed by atoms with van der Waals surface area (Å²) in [4.78, 5) is 14.0. The maximum Gasteiger partial charge on any atom is 0.241 e. The summed E-state index contributed by atoms with van der Waals surface area (Å²) in [5.41, 5.74) is 8.05. The Morgan fingerprint density at radius 2 is 2.11 bits per heavy atom. The molecule has 0 aliphatic carbocycles. The lowest BCUT2D eigenvalue weighted by Crippen LogP contribution is -2.45. The average Bonchev–Trinajstić information content (AvgIpc) is 2.41. The number of hydrogen-bond donors (Lipinski definition) is 3. The third kappa shape index (κ3) is 3.68. The maximum atomic E-state index is 12.2. The molecular weight excluding hydrogens is 242 g/mol. The van der Waals surface area contributed by atoms with E-state index in [0.717, 1.165) is 11.3 Å². The van der Waals surface area contributed by atoms with Crippen molar-refractivity contribution in [2.75, 3.05) is 24.7 Å². The molecule has 0 aliphatic heterocycles. The zero-order chi connectivity index (χ0) is 14.6. The predicted molar refractivity (Wildman–Crippen MR) is 78.0 cm³/mol. The molecule has 5 heteroatoms. The number of benzene rings is 1. The molecule has 1 amide bonds. The molecule has 5 nitrogen and oxygen atoms in total. The number of hydrogen-bond acceptors (Lipinski definition) is 4. The minimum absolute atomic E-state index is 0.0193. The summed E-state index contributed by atoms with van der Waals surface area (Å²) in [6, 6.07) is 5.04. The van der Waals surface area contributed by atoms with Crippen molar-refractivity contribution in [1.29, 1.82) is 0 Å². The molecular formula is C14H23N3O2. The molecule has 0 fully saturated rings. The number of carbonyl (C=O) groups excluding carboxylic acids is 1. The fourth-order valence-electron chi connectivity index (χ4n) is 1.72. The molecule has 1 rings (SSSR count). The van der Waals surface area contributed by atoms with Crippen molar-refractivity contribution < 1.29 is 9.90 Å². The molecule has 0 heterocycles. The molecule has 0 aromatic heterocycles. The van der Waals surface area contributed by atoms with Crippen molar-refractivity contribution in [2.24, 2.45) is 0 Å². The molecule has 0 spiro atoms. The Morgan fingerprint density at radius 3 is 2.68 bits per heavy atom. The van der Waals surface area contributed by atoms with Crippen molar-refractivity contribution in [1.82, 2.24) is 4.90 Å². The Morgan fingerprint density at radius 1 is 1.47 bits per heavy atom. The smallest absolute Gasteiger partial charge is 0.241 e. The molecule has 1 aromatic carbocycles. The Labute approximate surface area is 114 Å². The molecule has 4 N–H and O–H groups in total.